The summed E-state index contributed by atoms with van der Waals surface area (Å²) in [5.41, 5.74) is 4.61. The predicted octanol–water partition coefficient (Wildman–Crippen LogP) is 7.82. The van der Waals surface area contributed by atoms with Gasteiger partial charge in [-0.1, -0.05) is 63.2 Å². The summed E-state index contributed by atoms with van der Waals surface area (Å²) in [6, 6.07) is 22.5. The number of amidine groups is 1. The second kappa shape index (κ2) is 10.8. The normalized spacial score (nSPS) is 17.0. The van der Waals surface area contributed by atoms with Gasteiger partial charge in [0.25, 0.3) is 0 Å². The second-order valence-electron chi connectivity index (χ2n) is 11.6. The van der Waals surface area contributed by atoms with Gasteiger partial charge in [0.05, 0.1) is 11.0 Å². The smallest absolute Gasteiger partial charge is 0.411 e. The van der Waals surface area contributed by atoms with Crippen LogP contribution in [0, 0.1) is 0 Å². The fourth-order valence-electron chi connectivity index (χ4n) is 5.07. The van der Waals surface area contributed by atoms with Crippen LogP contribution in [0.5, 0.6) is 11.5 Å². The van der Waals surface area contributed by atoms with Crippen LogP contribution in [0.4, 0.5) is 24.8 Å². The van der Waals surface area contributed by atoms with Gasteiger partial charge in [0.2, 0.25) is 5.95 Å². The van der Waals surface area contributed by atoms with Crippen molar-refractivity contribution in [3.05, 3.63) is 108 Å². The van der Waals surface area contributed by atoms with Gasteiger partial charge >= 0.3 is 6.18 Å². The predicted molar refractivity (Wildman–Crippen MR) is 162 cm³/mol. The molecule has 0 fully saturated rings. The number of hydrogen-bond donors (Lipinski definition) is 2. The maximum Gasteiger partial charge on any atom is 0.411 e. The van der Waals surface area contributed by atoms with E-state index in [0.29, 0.717) is 23.0 Å². The summed E-state index contributed by atoms with van der Waals surface area (Å²) < 4.78 is 49.7. The minimum Gasteiger partial charge on any atom is -0.457 e. The standard InChI is InChI=1S/C33H31F3N6O/c1-32(2,3)21-10-12-22(13-11-21)38-31-39-25-18-23(14-15-27(25)42(31)4)43-24-16-17-37-26(19-24)30-40-28(20-8-6-5-7-9-20)29(41-30)33(34,35)36/h5-19,28-29H,1-4H3,(H,38,39)(H,40,41). The van der Waals surface area contributed by atoms with E-state index in [1.54, 1.807) is 42.5 Å². The number of ether oxygens (including phenoxy) is 1. The molecule has 0 bridgehead atoms. The number of benzene rings is 3. The molecule has 2 aromatic heterocycles. The van der Waals surface area contributed by atoms with Crippen molar-refractivity contribution >= 4 is 28.5 Å². The summed E-state index contributed by atoms with van der Waals surface area (Å²) >= 11 is 0. The largest absolute Gasteiger partial charge is 0.457 e. The van der Waals surface area contributed by atoms with Crippen LogP contribution in [0.1, 0.15) is 43.6 Å². The number of imidazole rings is 1. The molecular weight excluding hydrogens is 553 g/mol. The highest BCUT2D eigenvalue weighted by Crippen LogP contribution is 2.37. The fraction of sp³-hybridized carbons (Fsp3) is 0.242. The molecule has 0 saturated heterocycles. The summed E-state index contributed by atoms with van der Waals surface area (Å²) in [6.07, 6.45) is -3.01. The Morgan fingerprint density at radius 2 is 1.60 bits per heavy atom. The molecule has 7 nitrogen and oxygen atoms in total. The summed E-state index contributed by atoms with van der Waals surface area (Å²) in [6.45, 7) is 6.53. The number of aryl methyl sites for hydroxylation is 1. The Balaban J connectivity index is 1.22. The summed E-state index contributed by atoms with van der Waals surface area (Å²) in [7, 11) is 1.93. The van der Waals surface area contributed by atoms with Crippen molar-refractivity contribution in [3.63, 3.8) is 0 Å². The van der Waals surface area contributed by atoms with Crippen LogP contribution >= 0.6 is 0 Å². The molecule has 2 N–H and O–H groups in total. The van der Waals surface area contributed by atoms with Gasteiger partial charge < -0.3 is 19.9 Å². The third kappa shape index (κ3) is 5.90. The van der Waals surface area contributed by atoms with Crippen molar-refractivity contribution in [1.82, 2.24) is 19.9 Å². The molecule has 6 rings (SSSR count). The maximum absolute atomic E-state index is 13.9. The maximum atomic E-state index is 13.9. The summed E-state index contributed by atoms with van der Waals surface area (Å²) in [5, 5.41) is 5.92. The number of halogens is 3. The van der Waals surface area contributed by atoms with Crippen LogP contribution in [0.15, 0.2) is 96.1 Å². The molecule has 43 heavy (non-hydrogen) atoms. The molecule has 0 radical (unpaired) electrons. The van der Waals surface area contributed by atoms with Crippen molar-refractivity contribution in [1.29, 1.82) is 0 Å². The molecular formula is C33H31F3N6O. The average Bonchev–Trinajstić information content (AvgIpc) is 3.56. The van der Waals surface area contributed by atoms with Crippen LogP contribution < -0.4 is 15.4 Å². The number of anilines is 2. The third-order valence-electron chi connectivity index (χ3n) is 7.44. The first-order valence-corrected chi connectivity index (χ1v) is 13.9. The molecule has 3 aromatic carbocycles. The molecule has 1 aliphatic rings. The number of nitrogens with one attached hydrogen (secondary N) is 2. The molecule has 5 aromatic rings. The van der Waals surface area contributed by atoms with Crippen LogP contribution in [0.25, 0.3) is 11.0 Å². The highest BCUT2D eigenvalue weighted by Gasteiger charge is 2.49. The van der Waals surface area contributed by atoms with E-state index in [1.807, 2.05) is 41.9 Å². The first-order chi connectivity index (χ1) is 20.5. The Morgan fingerprint density at radius 1 is 0.884 bits per heavy atom. The van der Waals surface area contributed by atoms with Gasteiger partial charge in [0, 0.05) is 31.1 Å². The SMILES string of the molecule is Cn1c(Nc2ccc(C(C)(C)C)cc2)nc2cc(Oc3ccnc(C4=NC(c5ccccc5)C(C(F)(F)F)N4)c3)ccc21. The Morgan fingerprint density at radius 3 is 2.30 bits per heavy atom. The second-order valence-corrected chi connectivity index (χ2v) is 11.6. The van der Waals surface area contributed by atoms with Crippen molar-refractivity contribution in [2.45, 2.75) is 44.4 Å². The van der Waals surface area contributed by atoms with Crippen LogP contribution in [0.3, 0.4) is 0 Å². The zero-order valence-electron chi connectivity index (χ0n) is 24.1. The molecule has 0 saturated carbocycles. The zero-order valence-corrected chi connectivity index (χ0v) is 24.1. The highest BCUT2D eigenvalue weighted by atomic mass is 19.4. The summed E-state index contributed by atoms with van der Waals surface area (Å²) in [5.74, 6) is 1.68. The average molecular weight is 585 g/mol. The quantitative estimate of drug-likeness (QED) is 0.213. The lowest BCUT2D eigenvalue weighted by atomic mass is 9.87. The van der Waals surface area contributed by atoms with E-state index in [1.165, 1.54) is 11.8 Å². The zero-order chi connectivity index (χ0) is 30.4. The van der Waals surface area contributed by atoms with Crippen molar-refractivity contribution in [2.75, 3.05) is 5.32 Å². The van der Waals surface area contributed by atoms with Gasteiger partial charge in [-0.15, -0.1) is 0 Å². The minimum absolute atomic E-state index is 0.0630. The van der Waals surface area contributed by atoms with E-state index in [9.17, 15) is 13.2 Å². The first-order valence-electron chi connectivity index (χ1n) is 13.9. The number of rotatable bonds is 6. The Labute approximate surface area is 247 Å². The lowest BCUT2D eigenvalue weighted by Crippen LogP contribution is -2.44. The van der Waals surface area contributed by atoms with Gasteiger partial charge in [-0.3, -0.25) is 9.98 Å². The van der Waals surface area contributed by atoms with Gasteiger partial charge in [-0.2, -0.15) is 13.2 Å². The lowest BCUT2D eigenvalue weighted by Gasteiger charge is -2.21. The molecule has 10 heteroatoms. The van der Waals surface area contributed by atoms with E-state index in [2.05, 4.69) is 53.5 Å². The Bertz CT molecular complexity index is 1790. The number of aliphatic imine (C=N–C) groups is 1. The van der Waals surface area contributed by atoms with Crippen molar-refractivity contribution in [3.8, 4) is 11.5 Å². The number of hydrogen-bond acceptors (Lipinski definition) is 6. The molecule has 0 amide bonds. The van der Waals surface area contributed by atoms with Gasteiger partial charge in [0.15, 0.2) is 6.04 Å². The number of pyridine rings is 1. The molecule has 0 spiro atoms. The minimum atomic E-state index is -4.50. The van der Waals surface area contributed by atoms with Crippen molar-refractivity contribution in [2.24, 2.45) is 12.0 Å². The number of aromatic nitrogens is 3. The molecule has 1 aliphatic heterocycles. The molecule has 220 valence electrons. The Hall–Kier alpha value is -4.86. The molecule has 2 atom stereocenters. The first kappa shape index (κ1) is 28.3. The summed E-state index contributed by atoms with van der Waals surface area (Å²) in [4.78, 5) is 13.4. The molecule has 0 aliphatic carbocycles. The fourth-order valence-corrected chi connectivity index (χ4v) is 5.07. The van der Waals surface area contributed by atoms with Gasteiger partial charge in [-0.05, 0) is 46.9 Å². The van der Waals surface area contributed by atoms with Gasteiger partial charge in [-0.25, -0.2) is 4.98 Å². The van der Waals surface area contributed by atoms with Crippen LogP contribution in [-0.2, 0) is 12.5 Å². The monoisotopic (exact) mass is 584 g/mol. The topological polar surface area (TPSA) is 76.4 Å². The van der Waals surface area contributed by atoms with E-state index in [4.69, 9.17) is 9.72 Å². The van der Waals surface area contributed by atoms with E-state index in [-0.39, 0.29) is 16.9 Å². The molecule has 2 unspecified atom stereocenters. The van der Waals surface area contributed by atoms with Crippen LogP contribution in [-0.4, -0.2) is 32.6 Å². The molecule has 3 heterocycles. The van der Waals surface area contributed by atoms with E-state index >= 15 is 0 Å². The lowest BCUT2D eigenvalue weighted by molar-refractivity contribution is -0.154. The van der Waals surface area contributed by atoms with Crippen LogP contribution in [0.2, 0.25) is 0 Å². The number of alkyl halides is 3. The number of nitrogens with zero attached hydrogens (tertiary/aromatic N) is 4. The van der Waals surface area contributed by atoms with E-state index in [0.717, 1.165) is 16.7 Å². The number of fused-ring (bicyclic) bond motifs is 1. The third-order valence-corrected chi connectivity index (χ3v) is 7.44. The highest BCUT2D eigenvalue weighted by molar-refractivity contribution is 5.99. The Kier molecular flexibility index (Phi) is 7.07. The van der Waals surface area contributed by atoms with Crippen molar-refractivity contribution < 1.29 is 17.9 Å². The van der Waals surface area contributed by atoms with E-state index < -0.39 is 18.3 Å². The van der Waals surface area contributed by atoms with Gasteiger partial charge in [0.1, 0.15) is 29.1 Å².